The number of carbonyl (C=O) groups excluding carboxylic acids is 2. The second kappa shape index (κ2) is 10.2. The van der Waals surface area contributed by atoms with Crippen molar-refractivity contribution in [2.75, 3.05) is 7.11 Å². The lowest BCUT2D eigenvalue weighted by Gasteiger charge is -1.94. The molecule has 90 valence electrons. The fourth-order valence-electron chi connectivity index (χ4n) is 1.18. The average Bonchev–Trinajstić information content (AvgIpc) is 2.30. The monoisotopic (exact) mass is 224 g/mol. The lowest BCUT2D eigenvalue weighted by atomic mass is 10.1. The van der Waals surface area contributed by atoms with E-state index in [2.05, 4.69) is 23.5 Å². The molecule has 0 bridgehead atoms. The Morgan fingerprint density at radius 2 is 1.88 bits per heavy atom. The topological polar surface area (TPSA) is 43.4 Å². The number of esters is 1. The van der Waals surface area contributed by atoms with E-state index in [9.17, 15) is 9.59 Å². The van der Waals surface area contributed by atoms with Crippen LogP contribution in [0.4, 0.5) is 0 Å². The van der Waals surface area contributed by atoms with Crippen LogP contribution in [0.15, 0.2) is 0 Å². The van der Waals surface area contributed by atoms with E-state index in [1.54, 1.807) is 0 Å². The lowest BCUT2D eigenvalue weighted by molar-refractivity contribution is -0.141. The van der Waals surface area contributed by atoms with E-state index in [4.69, 9.17) is 0 Å². The zero-order chi connectivity index (χ0) is 12.2. The van der Waals surface area contributed by atoms with Crippen LogP contribution in [0.5, 0.6) is 0 Å². The summed E-state index contributed by atoms with van der Waals surface area (Å²) in [4.78, 5) is 21.9. The third-order valence-electron chi connectivity index (χ3n) is 2.17. The molecule has 0 aliphatic carbocycles. The summed E-state index contributed by atoms with van der Waals surface area (Å²) in [7, 11) is 1.31. The third kappa shape index (κ3) is 9.26. The van der Waals surface area contributed by atoms with Gasteiger partial charge in [0.2, 0.25) is 5.78 Å². The normalized spacial score (nSPS) is 9.12. The Morgan fingerprint density at radius 1 is 1.12 bits per heavy atom. The summed E-state index contributed by atoms with van der Waals surface area (Å²) in [5.74, 6) is 4.83. The molecular formula is C13H20O3. The summed E-state index contributed by atoms with van der Waals surface area (Å²) >= 11 is 0. The maximum atomic E-state index is 11.2. The van der Waals surface area contributed by atoms with Crippen molar-refractivity contribution in [2.45, 2.75) is 51.9 Å². The van der Waals surface area contributed by atoms with Gasteiger partial charge in [-0.1, -0.05) is 32.1 Å². The van der Waals surface area contributed by atoms with Crippen molar-refractivity contribution in [2.24, 2.45) is 0 Å². The van der Waals surface area contributed by atoms with Gasteiger partial charge in [-0.3, -0.25) is 9.59 Å². The van der Waals surface area contributed by atoms with Crippen molar-refractivity contribution in [1.29, 1.82) is 0 Å². The number of unbranched alkanes of at least 4 members (excludes halogenated alkanes) is 4. The zero-order valence-corrected chi connectivity index (χ0v) is 10.2. The molecule has 0 aromatic rings. The predicted molar refractivity (Wildman–Crippen MR) is 62.8 cm³/mol. The molecule has 3 heteroatoms. The number of ketones is 1. The van der Waals surface area contributed by atoms with Crippen LogP contribution in [-0.2, 0) is 14.3 Å². The molecule has 0 heterocycles. The summed E-state index contributed by atoms with van der Waals surface area (Å²) in [6, 6.07) is 0. The van der Waals surface area contributed by atoms with Crippen LogP contribution in [0.1, 0.15) is 51.9 Å². The van der Waals surface area contributed by atoms with Crippen LogP contribution in [0.3, 0.4) is 0 Å². The van der Waals surface area contributed by atoms with Crippen LogP contribution >= 0.6 is 0 Å². The van der Waals surface area contributed by atoms with Gasteiger partial charge in [0.15, 0.2) is 0 Å². The van der Waals surface area contributed by atoms with Gasteiger partial charge in [-0.05, 0) is 12.3 Å². The quantitative estimate of drug-likeness (QED) is 0.289. The maximum Gasteiger partial charge on any atom is 0.305 e. The van der Waals surface area contributed by atoms with E-state index in [0.717, 1.165) is 12.8 Å². The molecule has 0 amide bonds. The largest absolute Gasteiger partial charge is 0.469 e. The van der Waals surface area contributed by atoms with Crippen molar-refractivity contribution in [3.8, 4) is 11.8 Å². The summed E-state index contributed by atoms with van der Waals surface area (Å²) in [6.07, 6.45) is 5.69. The molecule has 0 aromatic carbocycles. The molecule has 0 aromatic heterocycles. The number of hydrogen-bond acceptors (Lipinski definition) is 3. The van der Waals surface area contributed by atoms with Gasteiger partial charge in [-0.15, -0.1) is 0 Å². The molecule has 0 unspecified atom stereocenters. The number of rotatable bonds is 7. The minimum atomic E-state index is -0.363. The fraction of sp³-hybridized carbons (Fsp3) is 0.692. The van der Waals surface area contributed by atoms with E-state index in [0.29, 0.717) is 0 Å². The second-order valence-corrected chi connectivity index (χ2v) is 3.61. The standard InChI is InChI=1S/C13H20O3/c1-3-4-5-6-7-8-9-12(14)10-11-13(15)16-2/h3-7,10-11H2,1-2H3. The Hall–Kier alpha value is -1.30. The Balaban J connectivity index is 3.55. The van der Waals surface area contributed by atoms with Gasteiger partial charge in [-0.2, -0.15) is 0 Å². The Morgan fingerprint density at radius 3 is 2.50 bits per heavy atom. The average molecular weight is 224 g/mol. The highest BCUT2D eigenvalue weighted by molar-refractivity contribution is 5.96. The molecular weight excluding hydrogens is 204 g/mol. The first kappa shape index (κ1) is 14.7. The second-order valence-electron chi connectivity index (χ2n) is 3.61. The molecule has 3 nitrogen and oxygen atoms in total. The predicted octanol–water partition coefficient (Wildman–Crippen LogP) is 2.48. The van der Waals surface area contributed by atoms with Crippen molar-refractivity contribution in [3.63, 3.8) is 0 Å². The highest BCUT2D eigenvalue weighted by Crippen LogP contribution is 2.01. The first-order valence-electron chi connectivity index (χ1n) is 5.79. The molecule has 0 fully saturated rings. The third-order valence-corrected chi connectivity index (χ3v) is 2.17. The molecule has 0 atom stereocenters. The number of hydrogen-bond donors (Lipinski definition) is 0. The zero-order valence-electron chi connectivity index (χ0n) is 10.2. The van der Waals surface area contributed by atoms with E-state index < -0.39 is 0 Å². The highest BCUT2D eigenvalue weighted by atomic mass is 16.5. The molecule has 0 spiro atoms. The lowest BCUT2D eigenvalue weighted by Crippen LogP contribution is -2.03. The van der Waals surface area contributed by atoms with E-state index >= 15 is 0 Å². The highest BCUT2D eigenvalue weighted by Gasteiger charge is 2.03. The van der Waals surface area contributed by atoms with Crippen LogP contribution in [0.25, 0.3) is 0 Å². The maximum absolute atomic E-state index is 11.2. The van der Waals surface area contributed by atoms with Gasteiger partial charge in [-0.25, -0.2) is 0 Å². The van der Waals surface area contributed by atoms with Gasteiger partial charge in [0.1, 0.15) is 0 Å². The summed E-state index contributed by atoms with van der Waals surface area (Å²) in [5.41, 5.74) is 0. The molecule has 0 rings (SSSR count). The Kier molecular flexibility index (Phi) is 9.39. The molecule has 0 N–H and O–H groups in total. The van der Waals surface area contributed by atoms with E-state index in [1.807, 2.05) is 0 Å². The number of ether oxygens (including phenoxy) is 1. The van der Waals surface area contributed by atoms with Crippen molar-refractivity contribution in [1.82, 2.24) is 0 Å². The summed E-state index contributed by atoms with van der Waals surface area (Å²) in [5, 5.41) is 0. The van der Waals surface area contributed by atoms with Crippen LogP contribution < -0.4 is 0 Å². The van der Waals surface area contributed by atoms with Gasteiger partial charge in [0.25, 0.3) is 0 Å². The molecule has 0 saturated carbocycles. The summed E-state index contributed by atoms with van der Waals surface area (Å²) in [6.45, 7) is 2.15. The minimum Gasteiger partial charge on any atom is -0.469 e. The first-order valence-corrected chi connectivity index (χ1v) is 5.79. The van der Waals surface area contributed by atoms with E-state index in [1.165, 1.54) is 26.4 Å². The smallest absolute Gasteiger partial charge is 0.305 e. The van der Waals surface area contributed by atoms with Crippen molar-refractivity contribution in [3.05, 3.63) is 0 Å². The minimum absolute atomic E-state index is 0.125. The van der Waals surface area contributed by atoms with Gasteiger partial charge in [0, 0.05) is 12.8 Å². The molecule has 0 radical (unpaired) electrons. The molecule has 0 aliphatic heterocycles. The molecule has 0 saturated heterocycles. The Bertz CT molecular complexity index is 271. The van der Waals surface area contributed by atoms with Crippen LogP contribution in [0.2, 0.25) is 0 Å². The summed E-state index contributed by atoms with van der Waals surface area (Å²) < 4.78 is 4.43. The molecule has 16 heavy (non-hydrogen) atoms. The molecule has 0 aliphatic rings. The Labute approximate surface area is 97.6 Å². The van der Waals surface area contributed by atoms with Gasteiger partial charge in [0.05, 0.1) is 13.5 Å². The number of Topliss-reactive ketones (excluding diaryl/α,β-unsaturated/α-hetero) is 1. The van der Waals surface area contributed by atoms with E-state index in [-0.39, 0.29) is 24.6 Å². The van der Waals surface area contributed by atoms with Crippen LogP contribution in [0, 0.1) is 11.8 Å². The van der Waals surface area contributed by atoms with Gasteiger partial charge < -0.3 is 4.74 Å². The van der Waals surface area contributed by atoms with Crippen molar-refractivity contribution >= 4 is 11.8 Å². The van der Waals surface area contributed by atoms with Crippen molar-refractivity contribution < 1.29 is 14.3 Å². The fourth-order valence-corrected chi connectivity index (χ4v) is 1.18. The first-order chi connectivity index (χ1) is 7.70. The number of carbonyl (C=O) groups is 2. The SMILES string of the molecule is CCCCCCC#CC(=O)CCC(=O)OC. The van der Waals surface area contributed by atoms with Crippen LogP contribution in [-0.4, -0.2) is 18.9 Å². The van der Waals surface area contributed by atoms with Gasteiger partial charge >= 0.3 is 5.97 Å². The number of methoxy groups -OCH3 is 1.